The third-order valence-electron chi connectivity index (χ3n) is 2.37. The number of ketones is 1. The highest BCUT2D eigenvalue weighted by atomic mass is 19.1. The first-order chi connectivity index (χ1) is 5.07. The molecule has 0 aromatic carbocycles. The van der Waals surface area contributed by atoms with Crippen molar-refractivity contribution in [1.82, 2.24) is 0 Å². The standard InChI is InChI=1S/C8H13FO2/c1-2-8(11)4-3-6(9)7(10)5-8/h6,11H,2-5H2,1H3. The van der Waals surface area contributed by atoms with E-state index in [-0.39, 0.29) is 12.8 Å². The van der Waals surface area contributed by atoms with Gasteiger partial charge in [0, 0.05) is 6.42 Å². The van der Waals surface area contributed by atoms with Gasteiger partial charge in [0.15, 0.2) is 12.0 Å². The maximum absolute atomic E-state index is 12.6. The second-order valence-corrected chi connectivity index (χ2v) is 3.23. The molecule has 0 heterocycles. The summed E-state index contributed by atoms with van der Waals surface area (Å²) in [5.74, 6) is -0.444. The van der Waals surface area contributed by atoms with Gasteiger partial charge in [-0.15, -0.1) is 0 Å². The highest BCUT2D eigenvalue weighted by molar-refractivity contribution is 5.84. The van der Waals surface area contributed by atoms with Crippen molar-refractivity contribution < 1.29 is 14.3 Å². The average Bonchev–Trinajstić information content (AvgIpc) is 1.98. The third-order valence-corrected chi connectivity index (χ3v) is 2.37. The van der Waals surface area contributed by atoms with E-state index in [9.17, 15) is 14.3 Å². The molecule has 1 rings (SSSR count). The molecular formula is C8H13FO2. The van der Waals surface area contributed by atoms with E-state index in [0.717, 1.165) is 0 Å². The Balaban J connectivity index is 2.59. The van der Waals surface area contributed by atoms with Crippen molar-refractivity contribution in [3.63, 3.8) is 0 Å². The van der Waals surface area contributed by atoms with Crippen molar-refractivity contribution in [3.8, 4) is 0 Å². The zero-order valence-corrected chi connectivity index (χ0v) is 6.64. The van der Waals surface area contributed by atoms with Crippen LogP contribution in [0.15, 0.2) is 0 Å². The Morgan fingerprint density at radius 2 is 2.45 bits per heavy atom. The molecule has 0 radical (unpaired) electrons. The van der Waals surface area contributed by atoms with Gasteiger partial charge in [-0.05, 0) is 19.3 Å². The number of hydrogen-bond donors (Lipinski definition) is 1. The molecule has 0 bridgehead atoms. The number of hydrogen-bond acceptors (Lipinski definition) is 2. The lowest BCUT2D eigenvalue weighted by Gasteiger charge is -2.31. The number of carbonyl (C=O) groups is 1. The van der Waals surface area contributed by atoms with Crippen LogP contribution >= 0.6 is 0 Å². The van der Waals surface area contributed by atoms with Gasteiger partial charge in [0.1, 0.15) is 0 Å². The molecule has 1 aliphatic carbocycles. The van der Waals surface area contributed by atoms with Gasteiger partial charge in [0.2, 0.25) is 0 Å². The number of rotatable bonds is 1. The van der Waals surface area contributed by atoms with Crippen LogP contribution in [0.25, 0.3) is 0 Å². The Bertz CT molecular complexity index is 169. The highest BCUT2D eigenvalue weighted by Gasteiger charge is 2.37. The topological polar surface area (TPSA) is 37.3 Å². The van der Waals surface area contributed by atoms with Crippen LogP contribution in [0.1, 0.15) is 32.6 Å². The summed E-state index contributed by atoms with van der Waals surface area (Å²) in [4.78, 5) is 10.8. The van der Waals surface area contributed by atoms with E-state index < -0.39 is 17.6 Å². The van der Waals surface area contributed by atoms with Gasteiger partial charge in [-0.1, -0.05) is 6.92 Å². The Morgan fingerprint density at radius 3 is 2.91 bits per heavy atom. The lowest BCUT2D eigenvalue weighted by molar-refractivity contribution is -0.134. The number of aliphatic hydroxyl groups is 1. The Kier molecular flexibility index (Phi) is 2.28. The van der Waals surface area contributed by atoms with Crippen LogP contribution in [-0.4, -0.2) is 22.7 Å². The summed E-state index contributed by atoms with van der Waals surface area (Å²) >= 11 is 0. The molecule has 3 heteroatoms. The largest absolute Gasteiger partial charge is 0.389 e. The molecule has 2 atom stereocenters. The van der Waals surface area contributed by atoms with Crippen molar-refractivity contribution in [3.05, 3.63) is 0 Å². The first kappa shape index (κ1) is 8.65. The lowest BCUT2D eigenvalue weighted by atomic mass is 9.81. The third kappa shape index (κ3) is 1.77. The predicted octanol–water partition coefficient (Wildman–Crippen LogP) is 1.22. The molecule has 0 saturated heterocycles. The Morgan fingerprint density at radius 1 is 1.82 bits per heavy atom. The van der Waals surface area contributed by atoms with Crippen LogP contribution in [-0.2, 0) is 4.79 Å². The molecule has 1 fully saturated rings. The Labute approximate surface area is 65.4 Å². The molecule has 1 saturated carbocycles. The van der Waals surface area contributed by atoms with Crippen LogP contribution < -0.4 is 0 Å². The van der Waals surface area contributed by atoms with Gasteiger partial charge in [-0.2, -0.15) is 0 Å². The summed E-state index contributed by atoms with van der Waals surface area (Å²) in [5.41, 5.74) is -0.917. The van der Waals surface area contributed by atoms with Gasteiger partial charge in [-0.3, -0.25) is 4.79 Å². The molecule has 64 valence electrons. The zero-order chi connectivity index (χ0) is 8.48. The molecule has 0 aromatic heterocycles. The quantitative estimate of drug-likeness (QED) is 0.626. The minimum Gasteiger partial charge on any atom is -0.389 e. The summed E-state index contributed by atoms with van der Waals surface area (Å²) in [6, 6.07) is 0. The molecule has 0 spiro atoms. The maximum atomic E-state index is 12.6. The van der Waals surface area contributed by atoms with Crippen LogP contribution in [0, 0.1) is 0 Å². The van der Waals surface area contributed by atoms with E-state index in [1.54, 1.807) is 0 Å². The van der Waals surface area contributed by atoms with Crippen molar-refractivity contribution in [2.24, 2.45) is 0 Å². The number of carbonyl (C=O) groups excluding carboxylic acids is 1. The fraction of sp³-hybridized carbons (Fsp3) is 0.875. The van der Waals surface area contributed by atoms with Gasteiger partial charge in [-0.25, -0.2) is 4.39 Å². The first-order valence-corrected chi connectivity index (χ1v) is 3.96. The minimum absolute atomic E-state index is 0.00926. The molecule has 1 aliphatic rings. The summed E-state index contributed by atoms with van der Waals surface area (Å²) in [6.45, 7) is 1.81. The van der Waals surface area contributed by atoms with E-state index in [0.29, 0.717) is 12.8 Å². The van der Waals surface area contributed by atoms with Crippen molar-refractivity contribution in [1.29, 1.82) is 0 Å². The van der Waals surface area contributed by atoms with E-state index >= 15 is 0 Å². The first-order valence-electron chi connectivity index (χ1n) is 3.96. The summed E-state index contributed by atoms with van der Waals surface area (Å²) < 4.78 is 12.6. The second-order valence-electron chi connectivity index (χ2n) is 3.23. The number of halogens is 1. The minimum atomic E-state index is -1.33. The van der Waals surface area contributed by atoms with Gasteiger partial charge < -0.3 is 5.11 Å². The van der Waals surface area contributed by atoms with Crippen LogP contribution in [0.5, 0.6) is 0 Å². The molecular weight excluding hydrogens is 147 g/mol. The van der Waals surface area contributed by atoms with Crippen LogP contribution in [0.4, 0.5) is 4.39 Å². The number of Topliss-reactive ketones (excluding diaryl/α,β-unsaturated/α-hetero) is 1. The van der Waals surface area contributed by atoms with Gasteiger partial charge in [0.25, 0.3) is 0 Å². The van der Waals surface area contributed by atoms with Crippen molar-refractivity contribution in [2.45, 2.75) is 44.4 Å². The van der Waals surface area contributed by atoms with E-state index in [1.807, 2.05) is 6.92 Å². The molecule has 0 aliphatic heterocycles. The molecule has 2 nitrogen and oxygen atoms in total. The maximum Gasteiger partial charge on any atom is 0.169 e. The van der Waals surface area contributed by atoms with Gasteiger partial charge in [0.05, 0.1) is 5.60 Å². The SMILES string of the molecule is CCC1(O)CCC(F)C(=O)C1. The summed E-state index contributed by atoms with van der Waals surface area (Å²) in [5, 5.41) is 9.58. The Hall–Kier alpha value is -0.440. The van der Waals surface area contributed by atoms with Crippen LogP contribution in [0.2, 0.25) is 0 Å². The summed E-state index contributed by atoms with van der Waals surface area (Å²) in [7, 11) is 0. The van der Waals surface area contributed by atoms with E-state index in [4.69, 9.17) is 0 Å². The fourth-order valence-corrected chi connectivity index (χ4v) is 1.38. The number of alkyl halides is 1. The highest BCUT2D eigenvalue weighted by Crippen LogP contribution is 2.29. The fourth-order valence-electron chi connectivity index (χ4n) is 1.38. The molecule has 2 unspecified atom stereocenters. The van der Waals surface area contributed by atoms with Crippen LogP contribution in [0.3, 0.4) is 0 Å². The zero-order valence-electron chi connectivity index (χ0n) is 6.64. The monoisotopic (exact) mass is 160 g/mol. The molecule has 11 heavy (non-hydrogen) atoms. The lowest BCUT2D eigenvalue weighted by Crippen LogP contribution is -2.39. The van der Waals surface area contributed by atoms with Crippen molar-refractivity contribution >= 4 is 5.78 Å². The van der Waals surface area contributed by atoms with E-state index in [1.165, 1.54) is 0 Å². The molecule has 0 amide bonds. The van der Waals surface area contributed by atoms with E-state index in [2.05, 4.69) is 0 Å². The molecule has 1 N–H and O–H groups in total. The molecule has 0 aromatic rings. The normalized spacial score (nSPS) is 39.2. The van der Waals surface area contributed by atoms with Crippen molar-refractivity contribution in [2.75, 3.05) is 0 Å². The average molecular weight is 160 g/mol. The smallest absolute Gasteiger partial charge is 0.169 e. The predicted molar refractivity (Wildman–Crippen MR) is 39.0 cm³/mol. The van der Waals surface area contributed by atoms with Gasteiger partial charge >= 0.3 is 0 Å². The second kappa shape index (κ2) is 2.89. The summed E-state index contributed by atoms with van der Waals surface area (Å²) in [6.07, 6.45) is -0.211.